The van der Waals surface area contributed by atoms with Crippen LogP contribution in [0.3, 0.4) is 0 Å². The van der Waals surface area contributed by atoms with Gasteiger partial charge in [0, 0.05) is 12.0 Å². The van der Waals surface area contributed by atoms with Gasteiger partial charge < -0.3 is 4.90 Å². The first-order valence-corrected chi connectivity index (χ1v) is 9.54. The number of rotatable bonds is 3. The largest absolute Gasteiger partial charge is 0.340 e. The standard InChI is InChI=1S/C19H21NO2S/c1-20(2)13-7-11-17-16-9-4-3-8-15(16)14-23(21,22)19-12-6-5-10-18(17)19/h3-6,8-12H,7,13-14H2,1-2H3/p+1/b17-11-. The van der Waals surface area contributed by atoms with Crippen LogP contribution in [-0.4, -0.2) is 29.1 Å². The molecule has 0 atom stereocenters. The van der Waals surface area contributed by atoms with Crippen LogP contribution in [0.2, 0.25) is 0 Å². The van der Waals surface area contributed by atoms with Gasteiger partial charge in [-0.3, -0.25) is 0 Å². The molecule has 0 saturated carbocycles. The van der Waals surface area contributed by atoms with Gasteiger partial charge in [-0.15, -0.1) is 0 Å². The molecule has 1 aliphatic rings. The minimum absolute atomic E-state index is 0.0659. The number of benzene rings is 2. The predicted octanol–water partition coefficient (Wildman–Crippen LogP) is 1.94. The Hall–Kier alpha value is -1.91. The van der Waals surface area contributed by atoms with E-state index in [0.29, 0.717) is 4.90 Å². The lowest BCUT2D eigenvalue weighted by molar-refractivity contribution is -0.857. The number of sulfone groups is 1. The zero-order valence-electron chi connectivity index (χ0n) is 13.5. The first-order chi connectivity index (χ1) is 11.0. The highest BCUT2D eigenvalue weighted by atomic mass is 32.2. The summed E-state index contributed by atoms with van der Waals surface area (Å²) in [5.74, 6) is 0.0659. The molecule has 1 heterocycles. The summed E-state index contributed by atoms with van der Waals surface area (Å²) >= 11 is 0. The molecule has 0 aromatic heterocycles. The molecular formula is C19H22NO2S+. The Bertz CT molecular complexity index is 851. The molecule has 23 heavy (non-hydrogen) atoms. The molecule has 3 nitrogen and oxygen atoms in total. The third-order valence-electron chi connectivity index (χ3n) is 4.16. The molecule has 120 valence electrons. The van der Waals surface area contributed by atoms with E-state index < -0.39 is 9.84 Å². The average Bonchev–Trinajstić information content (AvgIpc) is 2.60. The third-order valence-corrected chi connectivity index (χ3v) is 5.88. The van der Waals surface area contributed by atoms with Gasteiger partial charge in [-0.2, -0.15) is 0 Å². The molecule has 3 rings (SSSR count). The average molecular weight is 328 g/mol. The quantitative estimate of drug-likeness (QED) is 0.935. The van der Waals surface area contributed by atoms with E-state index in [1.165, 1.54) is 4.90 Å². The van der Waals surface area contributed by atoms with Crippen molar-refractivity contribution in [1.29, 1.82) is 0 Å². The van der Waals surface area contributed by atoms with Crippen molar-refractivity contribution in [3.63, 3.8) is 0 Å². The molecule has 0 radical (unpaired) electrons. The van der Waals surface area contributed by atoms with Crippen molar-refractivity contribution in [3.05, 3.63) is 71.3 Å². The lowest BCUT2D eigenvalue weighted by Crippen LogP contribution is -3.05. The SMILES string of the molecule is C[NH+](C)CC/C=C1/c2ccccc2CS(=O)(=O)c2ccccc21. The monoisotopic (exact) mass is 328 g/mol. The smallest absolute Gasteiger partial charge is 0.183 e. The van der Waals surface area contributed by atoms with E-state index in [9.17, 15) is 8.42 Å². The van der Waals surface area contributed by atoms with Crippen molar-refractivity contribution < 1.29 is 13.3 Å². The number of nitrogens with one attached hydrogen (secondary N) is 1. The Morgan fingerprint density at radius 2 is 1.65 bits per heavy atom. The highest BCUT2D eigenvalue weighted by Crippen LogP contribution is 2.36. The molecule has 4 heteroatoms. The minimum Gasteiger partial charge on any atom is -0.340 e. The van der Waals surface area contributed by atoms with Crippen molar-refractivity contribution in [2.24, 2.45) is 0 Å². The maximum absolute atomic E-state index is 12.8. The van der Waals surface area contributed by atoms with E-state index in [1.807, 2.05) is 36.4 Å². The fourth-order valence-electron chi connectivity index (χ4n) is 3.02. The van der Waals surface area contributed by atoms with Gasteiger partial charge in [-0.1, -0.05) is 48.5 Å². The molecule has 0 amide bonds. The van der Waals surface area contributed by atoms with Gasteiger partial charge in [0.1, 0.15) is 0 Å². The fourth-order valence-corrected chi connectivity index (χ4v) is 4.64. The molecule has 0 spiro atoms. The molecular weight excluding hydrogens is 306 g/mol. The third kappa shape index (κ3) is 3.23. The van der Waals surface area contributed by atoms with Gasteiger partial charge in [0.05, 0.1) is 31.3 Å². The van der Waals surface area contributed by atoms with Crippen LogP contribution in [0.1, 0.15) is 23.1 Å². The van der Waals surface area contributed by atoms with E-state index in [1.54, 1.807) is 12.1 Å². The van der Waals surface area contributed by atoms with Gasteiger partial charge in [-0.25, -0.2) is 8.42 Å². The van der Waals surface area contributed by atoms with Gasteiger partial charge >= 0.3 is 0 Å². The lowest BCUT2D eigenvalue weighted by atomic mass is 9.93. The summed E-state index contributed by atoms with van der Waals surface area (Å²) in [5.41, 5.74) is 3.78. The summed E-state index contributed by atoms with van der Waals surface area (Å²) in [6.45, 7) is 1.01. The molecule has 0 bridgehead atoms. The number of quaternary nitrogens is 1. The summed E-state index contributed by atoms with van der Waals surface area (Å²) in [7, 11) is 0.934. The highest BCUT2D eigenvalue weighted by molar-refractivity contribution is 7.90. The van der Waals surface area contributed by atoms with Crippen LogP contribution in [0.5, 0.6) is 0 Å². The molecule has 0 aliphatic carbocycles. The number of hydrogen-bond donors (Lipinski definition) is 1. The molecule has 2 aromatic rings. The van der Waals surface area contributed by atoms with Crippen LogP contribution in [0, 0.1) is 0 Å². The Morgan fingerprint density at radius 1 is 1.00 bits per heavy atom. The Morgan fingerprint density at radius 3 is 2.39 bits per heavy atom. The van der Waals surface area contributed by atoms with E-state index in [4.69, 9.17) is 0 Å². The summed E-state index contributed by atoms with van der Waals surface area (Å²) in [6, 6.07) is 15.2. The van der Waals surface area contributed by atoms with Crippen molar-refractivity contribution in [3.8, 4) is 0 Å². The number of hydrogen-bond acceptors (Lipinski definition) is 2. The molecule has 1 N–H and O–H groups in total. The second kappa shape index (κ2) is 6.30. The minimum atomic E-state index is -3.31. The second-order valence-electron chi connectivity index (χ2n) is 6.28. The van der Waals surface area contributed by atoms with Crippen molar-refractivity contribution >= 4 is 15.4 Å². The zero-order valence-corrected chi connectivity index (χ0v) is 14.4. The van der Waals surface area contributed by atoms with Crippen molar-refractivity contribution in [1.82, 2.24) is 0 Å². The highest BCUT2D eigenvalue weighted by Gasteiger charge is 2.27. The Kier molecular flexibility index (Phi) is 4.37. The molecule has 0 saturated heterocycles. The molecule has 1 aliphatic heterocycles. The maximum Gasteiger partial charge on any atom is 0.183 e. The van der Waals surface area contributed by atoms with Gasteiger partial charge in [0.15, 0.2) is 9.84 Å². The van der Waals surface area contributed by atoms with Gasteiger partial charge in [0.25, 0.3) is 0 Å². The molecule has 0 fully saturated rings. The van der Waals surface area contributed by atoms with E-state index in [-0.39, 0.29) is 5.75 Å². The predicted molar refractivity (Wildman–Crippen MR) is 93.1 cm³/mol. The van der Waals surface area contributed by atoms with Crippen LogP contribution in [0.25, 0.3) is 5.57 Å². The van der Waals surface area contributed by atoms with E-state index in [0.717, 1.165) is 35.2 Å². The Balaban J connectivity index is 2.21. The molecule has 2 aromatic carbocycles. The second-order valence-corrected chi connectivity index (χ2v) is 8.23. The van der Waals surface area contributed by atoms with E-state index >= 15 is 0 Å². The summed E-state index contributed by atoms with van der Waals surface area (Å²) < 4.78 is 25.5. The zero-order chi connectivity index (χ0) is 16.4. The van der Waals surface area contributed by atoms with Crippen LogP contribution < -0.4 is 4.90 Å². The van der Waals surface area contributed by atoms with Gasteiger partial charge in [-0.05, 0) is 22.8 Å². The topological polar surface area (TPSA) is 38.6 Å². The van der Waals surface area contributed by atoms with Crippen LogP contribution in [0.4, 0.5) is 0 Å². The summed E-state index contributed by atoms with van der Waals surface area (Å²) in [5, 5.41) is 0. The van der Waals surface area contributed by atoms with Crippen LogP contribution >= 0.6 is 0 Å². The lowest BCUT2D eigenvalue weighted by Gasteiger charge is -2.11. The summed E-state index contributed by atoms with van der Waals surface area (Å²) in [6.07, 6.45) is 3.10. The molecule has 0 unspecified atom stereocenters. The first kappa shape index (κ1) is 16.0. The Labute approximate surface area is 138 Å². The summed E-state index contributed by atoms with van der Waals surface area (Å²) in [4.78, 5) is 1.82. The van der Waals surface area contributed by atoms with Gasteiger partial charge in [0.2, 0.25) is 0 Å². The van der Waals surface area contributed by atoms with Crippen molar-refractivity contribution in [2.45, 2.75) is 17.1 Å². The maximum atomic E-state index is 12.8. The number of fused-ring (bicyclic) bond motifs is 2. The van der Waals surface area contributed by atoms with Crippen molar-refractivity contribution in [2.75, 3.05) is 20.6 Å². The normalized spacial score (nSPS) is 17.6. The van der Waals surface area contributed by atoms with Crippen LogP contribution in [-0.2, 0) is 15.6 Å². The first-order valence-electron chi connectivity index (χ1n) is 7.88. The van der Waals surface area contributed by atoms with Crippen LogP contribution in [0.15, 0.2) is 59.5 Å². The van der Waals surface area contributed by atoms with E-state index in [2.05, 4.69) is 20.2 Å². The fraction of sp³-hybridized carbons (Fsp3) is 0.263.